The van der Waals surface area contributed by atoms with Gasteiger partial charge in [0.05, 0.1) is 34.8 Å². The summed E-state index contributed by atoms with van der Waals surface area (Å²) in [4.78, 5) is 45.1. The molecule has 276 valence electrons. The standard InChI is InChI=1S/C29H35ClFN7O3.C4H6O6/c1-7-27(39)34-22-14-23(25(41-6)15-24(22)38-11-9-17(16-38)37(4)5)35-28-32-10-8-26(36-28)33-21-13-19(30)20(31)12-18(21)29(2,3)40;5-1(3(7)8)2(6)4(9)10/h7-8,10,12-15,17,40H,1,9,11,16H2,2-6H3,(H,34,39)(H2,32,33,35,36);1-2,5-6H,(H,7,8)(H,9,10)/t17-;/m1./s1. The number of nitrogens with zero attached hydrogens (tertiary/aromatic N) is 4. The van der Waals surface area contributed by atoms with Crippen LogP contribution in [-0.2, 0) is 20.0 Å². The van der Waals surface area contributed by atoms with E-state index >= 15 is 0 Å². The zero-order valence-electron chi connectivity index (χ0n) is 28.5. The van der Waals surface area contributed by atoms with Crippen LogP contribution in [0.4, 0.5) is 38.9 Å². The molecule has 0 bridgehead atoms. The molecule has 0 spiro atoms. The Bertz CT molecular complexity index is 1740. The Morgan fingerprint density at radius 3 is 2.27 bits per heavy atom. The number of carbonyl (C=O) groups excluding carboxylic acids is 1. The fourth-order valence-corrected chi connectivity index (χ4v) is 5.10. The summed E-state index contributed by atoms with van der Waals surface area (Å²) in [6.45, 7) is 8.30. The van der Waals surface area contributed by atoms with E-state index in [4.69, 9.17) is 36.8 Å². The fraction of sp³-hybridized carbons (Fsp3) is 0.364. The van der Waals surface area contributed by atoms with E-state index in [1.807, 2.05) is 6.07 Å². The van der Waals surface area contributed by atoms with E-state index in [-0.39, 0.29) is 16.9 Å². The van der Waals surface area contributed by atoms with Crippen molar-refractivity contribution >= 4 is 64.0 Å². The third-order valence-electron chi connectivity index (χ3n) is 7.68. The van der Waals surface area contributed by atoms with Crippen molar-refractivity contribution in [2.24, 2.45) is 0 Å². The minimum atomic E-state index is -2.27. The molecule has 1 saturated heterocycles. The molecular weight excluding hydrogens is 693 g/mol. The molecule has 1 amide bonds. The first-order valence-corrected chi connectivity index (χ1v) is 15.7. The van der Waals surface area contributed by atoms with E-state index in [9.17, 15) is 23.9 Å². The highest BCUT2D eigenvalue weighted by Crippen LogP contribution is 2.40. The van der Waals surface area contributed by atoms with Gasteiger partial charge in [0, 0.05) is 42.6 Å². The number of carboxylic acid groups (broad SMARTS) is 2. The van der Waals surface area contributed by atoms with Gasteiger partial charge in [-0.15, -0.1) is 0 Å². The number of hydrogen-bond acceptors (Lipinski definition) is 13. The molecule has 3 aromatic rings. The lowest BCUT2D eigenvalue weighted by atomic mass is 9.96. The molecule has 1 aliphatic heterocycles. The maximum atomic E-state index is 14.2. The van der Waals surface area contributed by atoms with Crippen LogP contribution in [0.3, 0.4) is 0 Å². The number of benzene rings is 2. The Morgan fingerprint density at radius 2 is 1.75 bits per heavy atom. The number of ether oxygens (including phenoxy) is 1. The van der Waals surface area contributed by atoms with Crippen LogP contribution < -0.4 is 25.6 Å². The normalized spacial score (nSPS) is 15.3. The number of likely N-dealkylation sites (N-methyl/N-ethyl adjacent to an activating group) is 1. The van der Waals surface area contributed by atoms with Crippen molar-refractivity contribution < 1.29 is 49.0 Å². The fourth-order valence-electron chi connectivity index (χ4n) is 4.94. The zero-order chi connectivity index (χ0) is 38.2. The number of aromatic nitrogens is 2. The van der Waals surface area contributed by atoms with Crippen LogP contribution in [-0.4, -0.2) is 111 Å². The second-order valence-corrected chi connectivity index (χ2v) is 12.5. The maximum absolute atomic E-state index is 14.2. The van der Waals surface area contributed by atoms with Crippen molar-refractivity contribution in [1.82, 2.24) is 14.9 Å². The third-order valence-corrected chi connectivity index (χ3v) is 7.97. The summed E-state index contributed by atoms with van der Waals surface area (Å²) in [6, 6.07) is 8.25. The summed E-state index contributed by atoms with van der Waals surface area (Å²) in [6.07, 6.45) is -0.781. The number of aliphatic hydroxyl groups is 3. The van der Waals surface area contributed by atoms with Gasteiger partial charge in [-0.3, -0.25) is 4.79 Å². The Kier molecular flexibility index (Phi) is 13.6. The molecule has 0 aliphatic carbocycles. The number of rotatable bonds is 13. The van der Waals surface area contributed by atoms with Crippen molar-refractivity contribution in [2.45, 2.75) is 44.1 Å². The number of nitrogens with one attached hydrogen (secondary N) is 3. The molecule has 2 heterocycles. The van der Waals surface area contributed by atoms with Gasteiger partial charge in [-0.05, 0) is 64.7 Å². The molecule has 1 aromatic heterocycles. The molecular formula is C33H41ClFN7O9. The minimum Gasteiger partial charge on any atom is -0.494 e. The van der Waals surface area contributed by atoms with E-state index in [1.54, 1.807) is 39.3 Å². The Morgan fingerprint density at radius 1 is 1.10 bits per heavy atom. The quantitative estimate of drug-likeness (QED) is 0.118. The average molecular weight is 734 g/mol. The van der Waals surface area contributed by atoms with Crippen LogP contribution in [0.2, 0.25) is 5.02 Å². The monoisotopic (exact) mass is 733 g/mol. The number of carboxylic acids is 2. The van der Waals surface area contributed by atoms with Gasteiger partial charge in [0.25, 0.3) is 0 Å². The van der Waals surface area contributed by atoms with Gasteiger partial charge >= 0.3 is 11.9 Å². The average Bonchev–Trinajstić information content (AvgIpc) is 3.56. The van der Waals surface area contributed by atoms with Gasteiger partial charge in [0.15, 0.2) is 12.2 Å². The second-order valence-electron chi connectivity index (χ2n) is 12.1. The molecule has 16 nitrogen and oxygen atoms in total. The molecule has 1 aliphatic rings. The Labute approximate surface area is 298 Å². The number of hydrogen-bond donors (Lipinski definition) is 8. The molecule has 51 heavy (non-hydrogen) atoms. The van der Waals surface area contributed by atoms with Gasteiger partial charge in [-0.2, -0.15) is 4.98 Å². The third kappa shape index (κ3) is 10.7. The molecule has 2 unspecified atom stereocenters. The van der Waals surface area contributed by atoms with E-state index in [2.05, 4.69) is 56.4 Å². The smallest absolute Gasteiger partial charge is 0.335 e. The molecule has 18 heteroatoms. The first-order chi connectivity index (χ1) is 23.9. The van der Waals surface area contributed by atoms with Crippen molar-refractivity contribution in [3.63, 3.8) is 0 Å². The van der Waals surface area contributed by atoms with Crippen LogP contribution in [0.5, 0.6) is 5.75 Å². The molecule has 0 saturated carbocycles. The second kappa shape index (κ2) is 17.2. The number of methoxy groups -OCH3 is 1. The summed E-state index contributed by atoms with van der Waals surface area (Å²) in [5, 5.41) is 52.2. The predicted octanol–water partition coefficient (Wildman–Crippen LogP) is 3.13. The molecule has 2 aromatic carbocycles. The lowest BCUT2D eigenvalue weighted by Gasteiger charge is -2.25. The van der Waals surface area contributed by atoms with Gasteiger partial charge in [0.2, 0.25) is 11.9 Å². The van der Waals surface area contributed by atoms with Crippen molar-refractivity contribution in [3.8, 4) is 5.75 Å². The van der Waals surface area contributed by atoms with Crippen molar-refractivity contribution in [2.75, 3.05) is 55.1 Å². The van der Waals surface area contributed by atoms with Crippen LogP contribution in [0, 0.1) is 5.82 Å². The summed E-state index contributed by atoms with van der Waals surface area (Å²) < 4.78 is 19.9. The number of anilines is 6. The van der Waals surface area contributed by atoms with E-state index < -0.39 is 35.6 Å². The number of amides is 1. The highest BCUT2D eigenvalue weighted by Gasteiger charge is 2.30. The lowest BCUT2D eigenvalue weighted by Crippen LogP contribution is -2.39. The van der Waals surface area contributed by atoms with Gasteiger partial charge in [0.1, 0.15) is 17.4 Å². The number of carbonyl (C=O) groups is 3. The molecule has 4 rings (SSSR count). The molecule has 8 N–H and O–H groups in total. The molecule has 0 radical (unpaired) electrons. The van der Waals surface area contributed by atoms with Gasteiger partial charge in [-0.25, -0.2) is 19.0 Å². The minimum absolute atomic E-state index is 0.0956. The van der Waals surface area contributed by atoms with Crippen molar-refractivity contribution in [1.29, 1.82) is 0 Å². The van der Waals surface area contributed by atoms with Gasteiger partial charge in [-0.1, -0.05) is 18.2 Å². The summed E-state index contributed by atoms with van der Waals surface area (Å²) in [5.74, 6) is -3.38. The largest absolute Gasteiger partial charge is 0.494 e. The number of halogens is 2. The molecule has 1 fully saturated rings. The SMILES string of the molecule is C=CC(=O)Nc1cc(Nc2nccc(Nc3cc(Cl)c(F)cc3C(C)(C)O)n2)c(OC)cc1N1CC[C@@H](N(C)C)C1.O=C(O)C(O)C(O)C(=O)O. The molecule has 3 atom stereocenters. The summed E-state index contributed by atoms with van der Waals surface area (Å²) >= 11 is 6.02. The first-order valence-electron chi connectivity index (χ1n) is 15.3. The number of aliphatic carboxylic acids is 2. The summed E-state index contributed by atoms with van der Waals surface area (Å²) in [7, 11) is 5.68. The Balaban J connectivity index is 0.000000612. The van der Waals surface area contributed by atoms with Crippen molar-refractivity contribution in [3.05, 3.63) is 65.6 Å². The van der Waals surface area contributed by atoms with Crippen LogP contribution in [0.1, 0.15) is 25.8 Å². The van der Waals surface area contributed by atoms with Crippen LogP contribution >= 0.6 is 11.6 Å². The number of aliphatic hydroxyl groups excluding tert-OH is 2. The topological polar surface area (TPSA) is 230 Å². The summed E-state index contributed by atoms with van der Waals surface area (Å²) in [5.41, 5.74) is 1.30. The van der Waals surface area contributed by atoms with E-state index in [0.717, 1.165) is 25.2 Å². The van der Waals surface area contributed by atoms with Crippen LogP contribution in [0.15, 0.2) is 49.2 Å². The van der Waals surface area contributed by atoms with E-state index in [1.165, 1.54) is 18.2 Å². The zero-order valence-corrected chi connectivity index (χ0v) is 29.3. The van der Waals surface area contributed by atoms with Gasteiger partial charge < -0.3 is 56.0 Å². The van der Waals surface area contributed by atoms with Crippen LogP contribution in [0.25, 0.3) is 0 Å². The highest BCUT2D eigenvalue weighted by molar-refractivity contribution is 6.31. The van der Waals surface area contributed by atoms with E-state index in [0.29, 0.717) is 40.2 Å². The highest BCUT2D eigenvalue weighted by atomic mass is 35.5. The predicted molar refractivity (Wildman–Crippen MR) is 189 cm³/mol. The Hall–Kier alpha value is -5.07. The first kappa shape index (κ1) is 40.4. The lowest BCUT2D eigenvalue weighted by molar-refractivity contribution is -0.165. The maximum Gasteiger partial charge on any atom is 0.335 e.